The van der Waals surface area contributed by atoms with Gasteiger partial charge in [0.05, 0.1) is 10.0 Å². The van der Waals surface area contributed by atoms with Gasteiger partial charge in [0.1, 0.15) is 0 Å². The van der Waals surface area contributed by atoms with E-state index in [2.05, 4.69) is 11.8 Å². The van der Waals surface area contributed by atoms with Crippen LogP contribution in [0.3, 0.4) is 0 Å². The summed E-state index contributed by atoms with van der Waals surface area (Å²) in [6.45, 7) is 2.96. The summed E-state index contributed by atoms with van der Waals surface area (Å²) in [6.07, 6.45) is 7.86. The molecule has 0 bridgehead atoms. The van der Waals surface area contributed by atoms with Crippen LogP contribution in [0.4, 0.5) is 0 Å². The number of carbonyl (C=O) groups excluding carboxylic acids is 1. The van der Waals surface area contributed by atoms with Gasteiger partial charge >= 0.3 is 0 Å². The van der Waals surface area contributed by atoms with Crippen LogP contribution in [0.5, 0.6) is 0 Å². The van der Waals surface area contributed by atoms with E-state index in [4.69, 9.17) is 23.2 Å². The molecule has 1 atom stereocenters. The van der Waals surface area contributed by atoms with E-state index in [1.54, 1.807) is 18.2 Å². The summed E-state index contributed by atoms with van der Waals surface area (Å²) in [5.74, 6) is 0.233. The highest BCUT2D eigenvalue weighted by molar-refractivity contribution is 6.42. The molecule has 2 nitrogen and oxygen atoms in total. The van der Waals surface area contributed by atoms with Gasteiger partial charge in [0.25, 0.3) is 0 Å². The quantitative estimate of drug-likeness (QED) is 0.446. The van der Waals surface area contributed by atoms with Gasteiger partial charge in [-0.2, -0.15) is 0 Å². The number of hydrogen-bond acceptors (Lipinski definition) is 2. The Hall–Kier alpha value is -0.830. The zero-order chi connectivity index (χ0) is 16.5. The van der Waals surface area contributed by atoms with Crippen LogP contribution in [0.1, 0.15) is 38.2 Å². The fourth-order valence-corrected chi connectivity index (χ4v) is 2.64. The second-order valence-corrected chi connectivity index (χ2v) is 6.68. The van der Waals surface area contributed by atoms with E-state index in [9.17, 15) is 4.79 Å². The van der Waals surface area contributed by atoms with E-state index in [1.807, 2.05) is 26.2 Å². The van der Waals surface area contributed by atoms with Crippen LogP contribution in [0.15, 0.2) is 24.3 Å². The van der Waals surface area contributed by atoms with Gasteiger partial charge in [-0.05, 0) is 44.3 Å². The van der Waals surface area contributed by atoms with Gasteiger partial charge in [-0.1, -0.05) is 61.5 Å². The Morgan fingerprint density at radius 3 is 2.55 bits per heavy atom. The summed E-state index contributed by atoms with van der Waals surface area (Å²) in [6, 6.07) is 5.37. The molecule has 0 radical (unpaired) electrons. The Bertz CT molecular complexity index is 512. The van der Waals surface area contributed by atoms with Crippen LogP contribution in [0.2, 0.25) is 10.0 Å². The maximum absolute atomic E-state index is 12.4. The first-order valence-corrected chi connectivity index (χ1v) is 8.51. The summed E-state index contributed by atoms with van der Waals surface area (Å²) >= 11 is 11.9. The molecule has 0 fully saturated rings. The van der Waals surface area contributed by atoms with Crippen LogP contribution >= 0.6 is 23.2 Å². The van der Waals surface area contributed by atoms with Crippen molar-refractivity contribution in [2.45, 2.75) is 32.6 Å². The van der Waals surface area contributed by atoms with Crippen molar-refractivity contribution in [1.82, 2.24) is 4.90 Å². The maximum atomic E-state index is 12.4. The first-order chi connectivity index (χ1) is 10.4. The molecule has 0 heterocycles. The van der Waals surface area contributed by atoms with E-state index in [-0.39, 0.29) is 11.7 Å². The van der Waals surface area contributed by atoms with Crippen LogP contribution in [0, 0.1) is 5.92 Å². The zero-order valence-electron chi connectivity index (χ0n) is 13.6. The topological polar surface area (TPSA) is 20.3 Å². The molecule has 1 unspecified atom stereocenters. The highest BCUT2D eigenvalue weighted by Gasteiger charge is 2.16. The lowest BCUT2D eigenvalue weighted by Crippen LogP contribution is -2.27. The van der Waals surface area contributed by atoms with Crippen LogP contribution in [0.25, 0.3) is 6.08 Å². The molecule has 0 spiro atoms. The lowest BCUT2D eigenvalue weighted by Gasteiger charge is -2.18. The number of allylic oxidation sites excluding steroid dienone is 1. The van der Waals surface area contributed by atoms with Gasteiger partial charge in [0.15, 0.2) is 5.78 Å². The maximum Gasteiger partial charge on any atom is 0.160 e. The molecular formula is C18H25Cl2NO. The largest absolute Gasteiger partial charge is 0.309 e. The summed E-state index contributed by atoms with van der Waals surface area (Å²) in [7, 11) is 4.01. The van der Waals surface area contributed by atoms with Gasteiger partial charge in [-0.25, -0.2) is 0 Å². The minimum absolute atomic E-state index is 0.0561. The number of hydrogen-bond donors (Lipinski definition) is 0. The molecule has 0 saturated heterocycles. The lowest BCUT2D eigenvalue weighted by atomic mass is 9.95. The first-order valence-electron chi connectivity index (χ1n) is 7.75. The van der Waals surface area contributed by atoms with Crippen molar-refractivity contribution in [1.29, 1.82) is 0 Å². The number of halogens is 2. The molecule has 22 heavy (non-hydrogen) atoms. The van der Waals surface area contributed by atoms with Gasteiger partial charge in [-0.15, -0.1) is 0 Å². The minimum atomic E-state index is 0.0561. The summed E-state index contributed by atoms with van der Waals surface area (Å²) in [4.78, 5) is 14.5. The summed E-state index contributed by atoms with van der Waals surface area (Å²) < 4.78 is 0. The third-order valence-electron chi connectivity index (χ3n) is 3.53. The monoisotopic (exact) mass is 341 g/mol. The SMILES string of the molecule is CCCCCC(CN(C)C)C(=O)C=Cc1ccc(Cl)c(Cl)c1. The van der Waals surface area contributed by atoms with Crippen molar-refractivity contribution < 1.29 is 4.79 Å². The highest BCUT2D eigenvalue weighted by atomic mass is 35.5. The van der Waals surface area contributed by atoms with Crippen molar-refractivity contribution in [3.63, 3.8) is 0 Å². The highest BCUT2D eigenvalue weighted by Crippen LogP contribution is 2.23. The fraction of sp³-hybridized carbons (Fsp3) is 0.500. The number of rotatable bonds is 9. The predicted octanol–water partition coefficient (Wildman–Crippen LogP) is 5.33. The molecule has 122 valence electrons. The molecule has 1 aromatic carbocycles. The third kappa shape index (κ3) is 6.95. The molecular weight excluding hydrogens is 317 g/mol. The molecule has 1 rings (SSSR count). The number of nitrogens with zero attached hydrogens (tertiary/aromatic N) is 1. The van der Waals surface area contributed by atoms with Crippen molar-refractivity contribution in [2.75, 3.05) is 20.6 Å². The fourth-order valence-electron chi connectivity index (χ4n) is 2.34. The molecule has 0 amide bonds. The van der Waals surface area contributed by atoms with Gasteiger partial charge < -0.3 is 4.90 Å². The minimum Gasteiger partial charge on any atom is -0.309 e. The van der Waals surface area contributed by atoms with E-state index in [0.29, 0.717) is 10.0 Å². The molecule has 4 heteroatoms. The Kier molecular flexibility index (Phi) is 8.77. The number of ketones is 1. The van der Waals surface area contributed by atoms with E-state index >= 15 is 0 Å². The first kappa shape index (κ1) is 19.2. The number of benzene rings is 1. The molecule has 0 aliphatic carbocycles. The van der Waals surface area contributed by atoms with Crippen LogP contribution in [-0.4, -0.2) is 31.3 Å². The molecule has 1 aromatic rings. The Balaban J connectivity index is 2.71. The van der Waals surface area contributed by atoms with Gasteiger partial charge in [0, 0.05) is 12.5 Å². The van der Waals surface area contributed by atoms with Crippen molar-refractivity contribution in [2.24, 2.45) is 5.92 Å². The van der Waals surface area contributed by atoms with Crippen LogP contribution in [-0.2, 0) is 4.79 Å². The van der Waals surface area contributed by atoms with Gasteiger partial charge in [-0.3, -0.25) is 4.79 Å². The zero-order valence-corrected chi connectivity index (χ0v) is 15.1. The molecule has 0 aromatic heterocycles. The second kappa shape index (κ2) is 10.0. The Labute approximate surface area is 144 Å². The van der Waals surface area contributed by atoms with E-state index < -0.39 is 0 Å². The second-order valence-electron chi connectivity index (χ2n) is 5.86. The molecule has 0 N–H and O–H groups in total. The van der Waals surface area contributed by atoms with Crippen molar-refractivity contribution >= 4 is 35.1 Å². The smallest absolute Gasteiger partial charge is 0.160 e. The van der Waals surface area contributed by atoms with Crippen molar-refractivity contribution in [3.05, 3.63) is 39.9 Å². The van der Waals surface area contributed by atoms with E-state index in [0.717, 1.165) is 24.9 Å². The van der Waals surface area contributed by atoms with E-state index in [1.165, 1.54) is 12.8 Å². The van der Waals surface area contributed by atoms with Gasteiger partial charge in [0.2, 0.25) is 0 Å². The molecule has 0 saturated carbocycles. The lowest BCUT2D eigenvalue weighted by molar-refractivity contribution is -0.118. The Morgan fingerprint density at radius 1 is 1.23 bits per heavy atom. The molecule has 0 aliphatic heterocycles. The summed E-state index contributed by atoms with van der Waals surface area (Å²) in [5.41, 5.74) is 0.889. The average molecular weight is 342 g/mol. The Morgan fingerprint density at radius 2 is 1.95 bits per heavy atom. The molecule has 0 aliphatic rings. The predicted molar refractivity (Wildman–Crippen MR) is 96.7 cm³/mol. The third-order valence-corrected chi connectivity index (χ3v) is 4.27. The normalized spacial score (nSPS) is 13.0. The number of unbranched alkanes of at least 4 members (excludes halogenated alkanes) is 2. The van der Waals surface area contributed by atoms with Crippen molar-refractivity contribution in [3.8, 4) is 0 Å². The standard InChI is InChI=1S/C18H25Cl2NO/c1-4-5-6-7-15(13-21(2)3)18(22)11-9-14-8-10-16(19)17(20)12-14/h8-12,15H,4-7,13H2,1-3H3. The summed E-state index contributed by atoms with van der Waals surface area (Å²) in [5, 5.41) is 1.03. The average Bonchev–Trinajstić information content (AvgIpc) is 2.47. The van der Waals surface area contributed by atoms with Crippen LogP contribution < -0.4 is 0 Å². The number of carbonyl (C=O) groups is 1.